The first-order chi connectivity index (χ1) is 14.8. The van der Waals surface area contributed by atoms with Gasteiger partial charge in [0.15, 0.2) is 0 Å². The number of rotatable bonds is 7. The Kier molecular flexibility index (Phi) is 8.33. The summed E-state index contributed by atoms with van der Waals surface area (Å²) in [7, 11) is 0. The molecule has 2 aromatic carbocycles. The van der Waals surface area contributed by atoms with Crippen LogP contribution >= 0.6 is 0 Å². The fourth-order valence-corrected chi connectivity index (χ4v) is 3.28. The number of aromatic carboxylic acids is 2. The molecule has 8 nitrogen and oxygen atoms in total. The second-order valence-electron chi connectivity index (χ2n) is 7.00. The third-order valence-corrected chi connectivity index (χ3v) is 4.86. The third kappa shape index (κ3) is 5.70. The van der Waals surface area contributed by atoms with Crippen molar-refractivity contribution in [2.24, 2.45) is 5.73 Å². The van der Waals surface area contributed by atoms with E-state index in [1.54, 1.807) is 29.9 Å². The zero-order chi connectivity index (χ0) is 23.0. The molecule has 0 amide bonds. The van der Waals surface area contributed by atoms with Crippen LogP contribution in [0.4, 0.5) is 5.82 Å². The Morgan fingerprint density at radius 1 is 1.06 bits per heavy atom. The van der Waals surface area contributed by atoms with Crippen molar-refractivity contribution in [1.29, 1.82) is 0 Å². The Balaban J connectivity index is 0.000000224. The van der Waals surface area contributed by atoms with Gasteiger partial charge in [0.2, 0.25) is 0 Å². The molecule has 31 heavy (non-hydrogen) atoms. The van der Waals surface area contributed by atoms with Crippen LogP contribution in [0.25, 0.3) is 5.69 Å². The van der Waals surface area contributed by atoms with E-state index < -0.39 is 11.9 Å². The molecule has 8 heteroatoms. The number of benzene rings is 2. The lowest BCUT2D eigenvalue weighted by Gasteiger charge is -2.12. The first-order valence-corrected chi connectivity index (χ1v) is 9.98. The summed E-state index contributed by atoms with van der Waals surface area (Å²) in [5.41, 5.74) is 14.6. The van der Waals surface area contributed by atoms with E-state index in [1.165, 1.54) is 6.07 Å². The molecule has 0 aliphatic heterocycles. The molecule has 3 aromatic rings. The summed E-state index contributed by atoms with van der Waals surface area (Å²) < 4.78 is 1.68. The quantitative estimate of drug-likeness (QED) is 0.453. The van der Waals surface area contributed by atoms with E-state index in [-0.39, 0.29) is 11.1 Å². The lowest BCUT2D eigenvalue weighted by Crippen LogP contribution is -2.12. The number of para-hydroxylation sites is 1. The summed E-state index contributed by atoms with van der Waals surface area (Å²) in [5, 5.41) is 22.4. The Labute approximate surface area is 181 Å². The number of nitrogens with two attached hydrogens (primary N) is 2. The maximum absolute atomic E-state index is 11.2. The largest absolute Gasteiger partial charge is 0.478 e. The lowest BCUT2D eigenvalue weighted by atomic mass is 9.93. The minimum Gasteiger partial charge on any atom is -0.478 e. The number of carboxylic acids is 2. The van der Waals surface area contributed by atoms with Crippen LogP contribution in [0.15, 0.2) is 48.7 Å². The van der Waals surface area contributed by atoms with Gasteiger partial charge in [-0.1, -0.05) is 37.6 Å². The van der Waals surface area contributed by atoms with Crippen LogP contribution in [0, 0.1) is 6.92 Å². The molecule has 0 saturated carbocycles. The third-order valence-electron chi connectivity index (χ3n) is 4.86. The molecular formula is C23H28N4O4. The zero-order valence-corrected chi connectivity index (χ0v) is 17.7. The predicted molar refractivity (Wildman–Crippen MR) is 120 cm³/mol. The highest BCUT2D eigenvalue weighted by Crippen LogP contribution is 2.22. The van der Waals surface area contributed by atoms with Gasteiger partial charge in [-0.05, 0) is 48.6 Å². The average Bonchev–Trinajstić information content (AvgIpc) is 3.17. The predicted octanol–water partition coefficient (Wildman–Crippen LogP) is 3.65. The summed E-state index contributed by atoms with van der Waals surface area (Å²) in [6.07, 6.45) is 3.83. The Morgan fingerprint density at radius 3 is 2.32 bits per heavy atom. The standard InChI is InChI=1S/C13H16O4.C10H12N4/c1-3-4-5-9-10(12(14)15)7-6-8(2)11(9)13(16)17;11-7-8-3-1-2-4-9(8)14-10(12)5-6-13-14/h6-7H,3-5H2,1-2H3,(H,14,15)(H,16,17);1-6H,7,11-12H2. The van der Waals surface area contributed by atoms with Crippen LogP contribution in [0.2, 0.25) is 0 Å². The van der Waals surface area contributed by atoms with Crippen molar-refractivity contribution in [3.63, 3.8) is 0 Å². The molecule has 3 rings (SSSR count). The Morgan fingerprint density at radius 2 is 1.77 bits per heavy atom. The smallest absolute Gasteiger partial charge is 0.336 e. The van der Waals surface area contributed by atoms with Crippen LogP contribution in [0.3, 0.4) is 0 Å². The van der Waals surface area contributed by atoms with E-state index in [2.05, 4.69) is 5.10 Å². The molecule has 0 bridgehead atoms. The molecule has 1 aromatic heterocycles. The van der Waals surface area contributed by atoms with Crippen molar-refractivity contribution in [3.05, 3.63) is 76.5 Å². The van der Waals surface area contributed by atoms with E-state index in [9.17, 15) is 9.59 Å². The van der Waals surface area contributed by atoms with E-state index >= 15 is 0 Å². The van der Waals surface area contributed by atoms with Crippen LogP contribution in [-0.4, -0.2) is 31.9 Å². The topological polar surface area (TPSA) is 144 Å². The van der Waals surface area contributed by atoms with Crippen molar-refractivity contribution in [2.75, 3.05) is 5.73 Å². The molecular weight excluding hydrogens is 396 g/mol. The van der Waals surface area contributed by atoms with E-state index in [0.29, 0.717) is 29.9 Å². The van der Waals surface area contributed by atoms with Gasteiger partial charge in [-0.25, -0.2) is 14.3 Å². The number of hydrogen-bond donors (Lipinski definition) is 4. The monoisotopic (exact) mass is 424 g/mol. The van der Waals surface area contributed by atoms with Crippen molar-refractivity contribution in [3.8, 4) is 5.69 Å². The van der Waals surface area contributed by atoms with Gasteiger partial charge in [0.1, 0.15) is 5.82 Å². The second-order valence-corrected chi connectivity index (χ2v) is 7.00. The van der Waals surface area contributed by atoms with Gasteiger partial charge in [-0.2, -0.15) is 5.10 Å². The maximum Gasteiger partial charge on any atom is 0.336 e. The number of anilines is 1. The number of aryl methyl sites for hydroxylation is 1. The summed E-state index contributed by atoms with van der Waals surface area (Å²) in [6.45, 7) is 4.15. The number of carboxylic acid groups (broad SMARTS) is 2. The number of unbranched alkanes of at least 4 members (excludes halogenated alkanes) is 1. The fourth-order valence-electron chi connectivity index (χ4n) is 3.28. The molecule has 0 aliphatic rings. The summed E-state index contributed by atoms with van der Waals surface area (Å²) in [6, 6.07) is 12.6. The van der Waals surface area contributed by atoms with Crippen molar-refractivity contribution in [2.45, 2.75) is 39.7 Å². The second kappa shape index (κ2) is 10.9. The SMILES string of the molecule is CCCCc1c(C(=O)O)ccc(C)c1C(=O)O.NCc1ccccc1-n1nccc1N. The van der Waals surface area contributed by atoms with Crippen molar-refractivity contribution in [1.82, 2.24) is 9.78 Å². The molecule has 164 valence electrons. The summed E-state index contributed by atoms with van der Waals surface area (Å²) >= 11 is 0. The highest BCUT2D eigenvalue weighted by molar-refractivity contribution is 5.97. The van der Waals surface area contributed by atoms with Gasteiger partial charge >= 0.3 is 11.9 Å². The number of nitrogens with zero attached hydrogens (tertiary/aromatic N) is 2. The van der Waals surface area contributed by atoms with Gasteiger partial charge < -0.3 is 21.7 Å². The van der Waals surface area contributed by atoms with Crippen LogP contribution in [-0.2, 0) is 13.0 Å². The zero-order valence-electron chi connectivity index (χ0n) is 17.7. The van der Waals surface area contributed by atoms with Gasteiger partial charge in [0.25, 0.3) is 0 Å². The van der Waals surface area contributed by atoms with Gasteiger partial charge in [-0.15, -0.1) is 0 Å². The molecule has 0 fully saturated rings. The van der Waals surface area contributed by atoms with Gasteiger partial charge in [0, 0.05) is 12.6 Å². The van der Waals surface area contributed by atoms with Gasteiger partial charge in [-0.3, -0.25) is 0 Å². The molecule has 0 spiro atoms. The van der Waals surface area contributed by atoms with E-state index in [4.69, 9.17) is 21.7 Å². The maximum atomic E-state index is 11.2. The Hall–Kier alpha value is -3.65. The van der Waals surface area contributed by atoms with E-state index in [1.807, 2.05) is 31.2 Å². The van der Waals surface area contributed by atoms with Crippen LogP contribution in [0.5, 0.6) is 0 Å². The summed E-state index contributed by atoms with van der Waals surface area (Å²) in [4.78, 5) is 22.3. The highest BCUT2D eigenvalue weighted by atomic mass is 16.4. The number of nitrogen functional groups attached to an aromatic ring is 1. The van der Waals surface area contributed by atoms with Crippen LogP contribution < -0.4 is 11.5 Å². The molecule has 0 unspecified atom stereocenters. The number of hydrogen-bond acceptors (Lipinski definition) is 5. The van der Waals surface area contributed by atoms with Crippen molar-refractivity contribution >= 4 is 17.8 Å². The van der Waals surface area contributed by atoms with E-state index in [0.717, 1.165) is 24.1 Å². The lowest BCUT2D eigenvalue weighted by molar-refractivity contribution is 0.0694. The molecule has 1 heterocycles. The minimum atomic E-state index is -1.07. The fraction of sp³-hybridized carbons (Fsp3) is 0.261. The Bertz CT molecular complexity index is 1060. The average molecular weight is 425 g/mol. The highest BCUT2D eigenvalue weighted by Gasteiger charge is 2.19. The molecule has 0 saturated heterocycles. The minimum absolute atomic E-state index is 0.0986. The molecule has 0 atom stereocenters. The normalized spacial score (nSPS) is 10.3. The number of carbonyl (C=O) groups is 2. The first-order valence-electron chi connectivity index (χ1n) is 9.98. The number of aromatic nitrogens is 2. The van der Waals surface area contributed by atoms with Crippen molar-refractivity contribution < 1.29 is 19.8 Å². The first kappa shape index (κ1) is 23.6. The molecule has 0 aliphatic carbocycles. The molecule has 6 N–H and O–H groups in total. The van der Waals surface area contributed by atoms with Crippen LogP contribution in [0.1, 0.15) is 57.2 Å². The van der Waals surface area contributed by atoms with Gasteiger partial charge in [0.05, 0.1) is 23.0 Å². The molecule has 0 radical (unpaired) electrons. The summed E-state index contributed by atoms with van der Waals surface area (Å²) in [5.74, 6) is -1.51.